The van der Waals surface area contributed by atoms with E-state index in [0.717, 1.165) is 31.6 Å². The van der Waals surface area contributed by atoms with Crippen LogP contribution in [0.3, 0.4) is 0 Å². The maximum Gasteiger partial charge on any atom is 0.122 e. The van der Waals surface area contributed by atoms with Gasteiger partial charge in [-0.25, -0.2) is 0 Å². The molecule has 3 N–H and O–H groups in total. The van der Waals surface area contributed by atoms with E-state index in [0.29, 0.717) is 6.61 Å². The molecule has 1 atom stereocenters. The molecule has 4 heteroatoms. The molecular weight excluding hydrogens is 240 g/mol. The van der Waals surface area contributed by atoms with E-state index in [2.05, 4.69) is 23.6 Å². The summed E-state index contributed by atoms with van der Waals surface area (Å²) in [6.07, 6.45) is 3.25. The molecule has 0 spiro atoms. The van der Waals surface area contributed by atoms with Gasteiger partial charge in [0.25, 0.3) is 0 Å². The molecule has 2 rings (SSSR count). The first-order chi connectivity index (χ1) is 9.19. The molecule has 0 aromatic heterocycles. The molecule has 19 heavy (non-hydrogen) atoms. The van der Waals surface area contributed by atoms with Gasteiger partial charge in [0.1, 0.15) is 5.75 Å². The first-order valence-corrected chi connectivity index (χ1v) is 7.01. The average Bonchev–Trinajstić information content (AvgIpc) is 2.86. The Morgan fingerprint density at radius 3 is 3.00 bits per heavy atom. The summed E-state index contributed by atoms with van der Waals surface area (Å²) in [5.41, 5.74) is 5.50. The van der Waals surface area contributed by atoms with Crippen LogP contribution in [0.2, 0.25) is 0 Å². The number of rotatable bonds is 7. The molecule has 106 valence electrons. The average molecular weight is 264 g/mol. The van der Waals surface area contributed by atoms with Crippen LogP contribution in [0.25, 0.3) is 0 Å². The summed E-state index contributed by atoms with van der Waals surface area (Å²) in [6.45, 7) is 5.54. The summed E-state index contributed by atoms with van der Waals surface area (Å²) in [6, 6.07) is 6.67. The molecule has 0 amide bonds. The van der Waals surface area contributed by atoms with Crippen LogP contribution in [0.5, 0.6) is 5.75 Å². The molecule has 1 heterocycles. The summed E-state index contributed by atoms with van der Waals surface area (Å²) in [5.74, 6) is 6.61. The Hall–Kier alpha value is -1.10. The first kappa shape index (κ1) is 14.3. The van der Waals surface area contributed by atoms with Crippen molar-refractivity contribution in [3.8, 4) is 5.75 Å². The molecule has 0 radical (unpaired) electrons. The van der Waals surface area contributed by atoms with Crippen molar-refractivity contribution in [2.45, 2.75) is 45.3 Å². The van der Waals surface area contributed by atoms with Gasteiger partial charge in [0.15, 0.2) is 0 Å². The third kappa shape index (κ3) is 4.20. The highest BCUT2D eigenvalue weighted by atomic mass is 16.5. The van der Waals surface area contributed by atoms with Crippen LogP contribution in [0.1, 0.15) is 31.4 Å². The molecule has 1 unspecified atom stereocenters. The number of hydrogen-bond donors (Lipinski definition) is 2. The minimum absolute atomic E-state index is 0.201. The molecule has 1 aliphatic heterocycles. The molecule has 0 fully saturated rings. The number of nitrogens with two attached hydrogens (primary N) is 1. The molecule has 0 aliphatic carbocycles. The van der Waals surface area contributed by atoms with Crippen LogP contribution in [-0.4, -0.2) is 25.4 Å². The van der Waals surface area contributed by atoms with Gasteiger partial charge in [0.2, 0.25) is 0 Å². The number of benzene rings is 1. The van der Waals surface area contributed by atoms with E-state index in [1.165, 1.54) is 11.1 Å². The van der Waals surface area contributed by atoms with E-state index in [1.54, 1.807) is 0 Å². The largest absolute Gasteiger partial charge is 0.493 e. The Balaban J connectivity index is 1.83. The summed E-state index contributed by atoms with van der Waals surface area (Å²) >= 11 is 0. The van der Waals surface area contributed by atoms with Crippen LogP contribution in [-0.2, 0) is 17.6 Å². The molecular formula is C15H24N2O2. The summed E-state index contributed by atoms with van der Waals surface area (Å²) < 4.78 is 11.1. The first-order valence-electron chi connectivity index (χ1n) is 7.01. The molecule has 1 aromatic carbocycles. The molecule has 0 bridgehead atoms. The van der Waals surface area contributed by atoms with Gasteiger partial charge in [0, 0.05) is 12.5 Å². The van der Waals surface area contributed by atoms with Crippen molar-refractivity contribution >= 4 is 0 Å². The SMILES string of the molecule is CC(C)OCC(CCc1ccc2c(c1)CCO2)NN. The zero-order valence-electron chi connectivity index (χ0n) is 11.8. The van der Waals surface area contributed by atoms with Crippen molar-refractivity contribution in [1.82, 2.24) is 5.43 Å². The highest BCUT2D eigenvalue weighted by Gasteiger charge is 2.13. The van der Waals surface area contributed by atoms with Crippen LogP contribution in [0, 0.1) is 0 Å². The Kier molecular flexibility index (Phi) is 5.19. The minimum Gasteiger partial charge on any atom is -0.493 e. The van der Waals surface area contributed by atoms with Gasteiger partial charge in [-0.1, -0.05) is 12.1 Å². The third-order valence-electron chi connectivity index (χ3n) is 3.40. The highest BCUT2D eigenvalue weighted by molar-refractivity contribution is 5.39. The Bertz CT molecular complexity index is 407. The predicted octanol–water partition coefficient (Wildman–Crippen LogP) is 1.81. The molecule has 4 nitrogen and oxygen atoms in total. The Labute approximate surface area is 115 Å². The smallest absolute Gasteiger partial charge is 0.122 e. The number of hydrazine groups is 1. The van der Waals surface area contributed by atoms with Gasteiger partial charge in [-0.2, -0.15) is 0 Å². The van der Waals surface area contributed by atoms with E-state index in [4.69, 9.17) is 15.3 Å². The van der Waals surface area contributed by atoms with Crippen molar-refractivity contribution in [3.63, 3.8) is 0 Å². The fourth-order valence-electron chi connectivity index (χ4n) is 2.26. The van der Waals surface area contributed by atoms with Gasteiger partial charge >= 0.3 is 0 Å². The second-order valence-electron chi connectivity index (χ2n) is 5.32. The number of aryl methyl sites for hydroxylation is 1. The summed E-state index contributed by atoms with van der Waals surface area (Å²) in [7, 11) is 0. The van der Waals surface area contributed by atoms with Crippen LogP contribution < -0.4 is 16.0 Å². The predicted molar refractivity (Wildman–Crippen MR) is 76.2 cm³/mol. The van der Waals surface area contributed by atoms with E-state index < -0.39 is 0 Å². The summed E-state index contributed by atoms with van der Waals surface area (Å²) in [5, 5.41) is 0. The maximum atomic E-state index is 5.59. The maximum absolute atomic E-state index is 5.59. The van der Waals surface area contributed by atoms with Crippen LogP contribution >= 0.6 is 0 Å². The molecule has 1 aromatic rings. The zero-order chi connectivity index (χ0) is 13.7. The Morgan fingerprint density at radius 1 is 1.42 bits per heavy atom. The lowest BCUT2D eigenvalue weighted by Crippen LogP contribution is -2.39. The fourth-order valence-corrected chi connectivity index (χ4v) is 2.26. The standard InChI is InChI=1S/C15H24N2O2/c1-11(2)19-10-14(17-16)5-3-12-4-6-15-13(9-12)7-8-18-15/h4,6,9,11,14,17H,3,5,7-8,10,16H2,1-2H3. The van der Waals surface area contributed by atoms with Crippen molar-refractivity contribution in [3.05, 3.63) is 29.3 Å². The number of fused-ring (bicyclic) bond motifs is 1. The minimum atomic E-state index is 0.201. The van der Waals surface area contributed by atoms with E-state index in [1.807, 2.05) is 13.8 Å². The summed E-state index contributed by atoms with van der Waals surface area (Å²) in [4.78, 5) is 0. The quantitative estimate of drug-likeness (QED) is 0.582. The topological polar surface area (TPSA) is 56.5 Å². The van der Waals surface area contributed by atoms with Crippen molar-refractivity contribution in [2.24, 2.45) is 5.84 Å². The lowest BCUT2D eigenvalue weighted by Gasteiger charge is -2.17. The second-order valence-corrected chi connectivity index (χ2v) is 5.32. The highest BCUT2D eigenvalue weighted by Crippen LogP contribution is 2.26. The zero-order valence-corrected chi connectivity index (χ0v) is 11.8. The second kappa shape index (κ2) is 6.89. The Morgan fingerprint density at radius 2 is 2.26 bits per heavy atom. The molecule has 0 saturated heterocycles. The molecule has 1 aliphatic rings. The van der Waals surface area contributed by atoms with Crippen LogP contribution in [0.4, 0.5) is 0 Å². The number of ether oxygens (including phenoxy) is 2. The third-order valence-corrected chi connectivity index (χ3v) is 3.40. The van der Waals surface area contributed by atoms with Gasteiger partial charge < -0.3 is 9.47 Å². The lowest BCUT2D eigenvalue weighted by atomic mass is 10.0. The normalized spacial score (nSPS) is 15.4. The van der Waals surface area contributed by atoms with Crippen molar-refractivity contribution in [1.29, 1.82) is 0 Å². The molecule has 0 saturated carbocycles. The van der Waals surface area contributed by atoms with Gasteiger partial charge in [-0.05, 0) is 43.9 Å². The number of nitrogens with one attached hydrogen (secondary N) is 1. The monoisotopic (exact) mass is 264 g/mol. The van der Waals surface area contributed by atoms with Crippen LogP contribution in [0.15, 0.2) is 18.2 Å². The fraction of sp³-hybridized carbons (Fsp3) is 0.600. The lowest BCUT2D eigenvalue weighted by molar-refractivity contribution is 0.0596. The van der Waals surface area contributed by atoms with Crippen molar-refractivity contribution in [2.75, 3.05) is 13.2 Å². The number of hydrogen-bond acceptors (Lipinski definition) is 4. The van der Waals surface area contributed by atoms with Gasteiger partial charge in [-0.3, -0.25) is 11.3 Å². The van der Waals surface area contributed by atoms with E-state index in [9.17, 15) is 0 Å². The van der Waals surface area contributed by atoms with E-state index >= 15 is 0 Å². The van der Waals surface area contributed by atoms with E-state index in [-0.39, 0.29) is 12.1 Å². The van der Waals surface area contributed by atoms with Crippen molar-refractivity contribution < 1.29 is 9.47 Å². The van der Waals surface area contributed by atoms with Gasteiger partial charge in [-0.15, -0.1) is 0 Å². The van der Waals surface area contributed by atoms with Gasteiger partial charge in [0.05, 0.1) is 19.3 Å².